The van der Waals surface area contributed by atoms with Gasteiger partial charge in [-0.2, -0.15) is 5.10 Å². The molecular formula is C19H20F2N6O. The number of amides is 1. The Bertz CT molecular complexity index is 982. The summed E-state index contributed by atoms with van der Waals surface area (Å²) in [6.45, 7) is 9.68. The molecule has 2 aliphatic heterocycles. The molecule has 0 spiro atoms. The fourth-order valence-corrected chi connectivity index (χ4v) is 3.76. The SMILES string of the molecule is C=N/C(=C\C(=C)c1cnc2ccc(C(F)F)nn12)N1CCN2C(=O)CCC2C1. The quantitative estimate of drug-likeness (QED) is 0.585. The van der Waals surface area contributed by atoms with E-state index < -0.39 is 6.43 Å². The number of hydrogen-bond donors (Lipinski definition) is 0. The van der Waals surface area contributed by atoms with Crippen molar-refractivity contribution < 1.29 is 13.6 Å². The number of aliphatic imine (C=N–C) groups is 1. The summed E-state index contributed by atoms with van der Waals surface area (Å²) in [6, 6.07) is 2.94. The zero-order chi connectivity index (χ0) is 19.8. The van der Waals surface area contributed by atoms with Gasteiger partial charge in [-0.3, -0.25) is 4.79 Å². The van der Waals surface area contributed by atoms with Crippen LogP contribution in [0.25, 0.3) is 11.2 Å². The first-order chi connectivity index (χ1) is 13.5. The van der Waals surface area contributed by atoms with Gasteiger partial charge in [0.15, 0.2) is 5.65 Å². The number of rotatable bonds is 5. The first kappa shape index (κ1) is 18.3. The van der Waals surface area contributed by atoms with Crippen LogP contribution < -0.4 is 0 Å². The number of nitrogens with zero attached hydrogens (tertiary/aromatic N) is 6. The van der Waals surface area contributed by atoms with E-state index in [-0.39, 0.29) is 17.6 Å². The van der Waals surface area contributed by atoms with Crippen LogP contribution in [0.15, 0.2) is 41.8 Å². The number of piperazine rings is 1. The molecule has 2 fully saturated rings. The number of halogens is 2. The molecule has 0 radical (unpaired) electrons. The van der Waals surface area contributed by atoms with E-state index in [2.05, 4.69) is 33.3 Å². The largest absolute Gasteiger partial charge is 0.353 e. The smallest absolute Gasteiger partial charge is 0.282 e. The van der Waals surface area contributed by atoms with Crippen LogP contribution in [0.1, 0.15) is 30.7 Å². The topological polar surface area (TPSA) is 66.1 Å². The molecule has 9 heteroatoms. The maximum atomic E-state index is 13.0. The first-order valence-electron chi connectivity index (χ1n) is 9.03. The molecular weight excluding hydrogens is 366 g/mol. The molecule has 1 unspecified atom stereocenters. The highest BCUT2D eigenvalue weighted by atomic mass is 19.3. The average molecular weight is 386 g/mol. The van der Waals surface area contributed by atoms with E-state index in [1.165, 1.54) is 16.6 Å². The zero-order valence-corrected chi connectivity index (χ0v) is 15.3. The number of aromatic nitrogens is 3. The predicted molar refractivity (Wildman–Crippen MR) is 101 cm³/mol. The third-order valence-corrected chi connectivity index (χ3v) is 5.22. The summed E-state index contributed by atoms with van der Waals surface area (Å²) in [5.41, 5.74) is 1.18. The molecule has 2 aromatic heterocycles. The number of imidazole rings is 1. The summed E-state index contributed by atoms with van der Waals surface area (Å²) in [5, 5.41) is 3.96. The third-order valence-electron chi connectivity index (χ3n) is 5.22. The highest BCUT2D eigenvalue weighted by Crippen LogP contribution is 2.27. The van der Waals surface area contributed by atoms with Crippen LogP contribution >= 0.6 is 0 Å². The minimum Gasteiger partial charge on any atom is -0.353 e. The van der Waals surface area contributed by atoms with Crippen molar-refractivity contribution >= 4 is 23.8 Å². The van der Waals surface area contributed by atoms with Gasteiger partial charge in [-0.05, 0) is 36.9 Å². The van der Waals surface area contributed by atoms with Gasteiger partial charge in [-0.25, -0.2) is 23.3 Å². The van der Waals surface area contributed by atoms with Gasteiger partial charge in [-0.15, -0.1) is 0 Å². The lowest BCUT2D eigenvalue weighted by molar-refractivity contribution is -0.130. The molecule has 146 valence electrons. The van der Waals surface area contributed by atoms with Crippen LogP contribution in [0.5, 0.6) is 0 Å². The van der Waals surface area contributed by atoms with Gasteiger partial charge in [0.05, 0.1) is 11.9 Å². The molecule has 7 nitrogen and oxygen atoms in total. The number of hydrogen-bond acceptors (Lipinski definition) is 5. The van der Waals surface area contributed by atoms with Gasteiger partial charge >= 0.3 is 0 Å². The molecule has 0 saturated carbocycles. The Morgan fingerprint density at radius 3 is 2.93 bits per heavy atom. The lowest BCUT2D eigenvalue weighted by Gasteiger charge is -2.38. The summed E-state index contributed by atoms with van der Waals surface area (Å²) in [7, 11) is 0. The zero-order valence-electron chi connectivity index (χ0n) is 15.3. The third kappa shape index (κ3) is 3.17. The van der Waals surface area contributed by atoms with Crippen molar-refractivity contribution in [1.29, 1.82) is 0 Å². The number of allylic oxidation sites excluding steroid dienone is 2. The molecule has 2 aliphatic rings. The van der Waals surface area contributed by atoms with Crippen LogP contribution in [0.4, 0.5) is 8.78 Å². The van der Waals surface area contributed by atoms with Crippen LogP contribution in [0.2, 0.25) is 0 Å². The molecule has 4 rings (SSSR count). The van der Waals surface area contributed by atoms with Crippen molar-refractivity contribution in [2.24, 2.45) is 4.99 Å². The van der Waals surface area contributed by atoms with Crippen molar-refractivity contribution in [2.45, 2.75) is 25.3 Å². The van der Waals surface area contributed by atoms with E-state index in [4.69, 9.17) is 0 Å². The van der Waals surface area contributed by atoms with E-state index in [0.717, 1.165) is 6.42 Å². The van der Waals surface area contributed by atoms with E-state index >= 15 is 0 Å². The number of carbonyl (C=O) groups excluding carboxylic acids is 1. The molecule has 2 saturated heterocycles. The predicted octanol–water partition coefficient (Wildman–Crippen LogP) is 2.53. The summed E-state index contributed by atoms with van der Waals surface area (Å²) >= 11 is 0. The Labute approximate surface area is 160 Å². The normalized spacial score (nSPS) is 20.2. The molecule has 2 aromatic rings. The van der Waals surface area contributed by atoms with Gasteiger partial charge in [-0.1, -0.05) is 6.58 Å². The number of fused-ring (bicyclic) bond motifs is 2. The van der Waals surface area contributed by atoms with E-state index in [9.17, 15) is 13.6 Å². The van der Waals surface area contributed by atoms with Crippen molar-refractivity contribution in [3.63, 3.8) is 0 Å². The summed E-state index contributed by atoms with van der Waals surface area (Å²) in [4.78, 5) is 24.2. The summed E-state index contributed by atoms with van der Waals surface area (Å²) < 4.78 is 27.3. The Balaban J connectivity index is 1.59. The lowest BCUT2D eigenvalue weighted by Crippen LogP contribution is -2.50. The Hall–Kier alpha value is -3.10. The Morgan fingerprint density at radius 1 is 1.36 bits per heavy atom. The van der Waals surface area contributed by atoms with E-state index in [1.807, 2.05) is 4.90 Å². The van der Waals surface area contributed by atoms with E-state index in [1.54, 1.807) is 12.3 Å². The van der Waals surface area contributed by atoms with Crippen LogP contribution in [-0.2, 0) is 4.79 Å². The Morgan fingerprint density at radius 2 is 2.18 bits per heavy atom. The lowest BCUT2D eigenvalue weighted by atomic mass is 10.1. The van der Waals surface area contributed by atoms with Crippen molar-refractivity contribution in [1.82, 2.24) is 24.4 Å². The second kappa shape index (κ2) is 7.14. The van der Waals surface area contributed by atoms with Crippen molar-refractivity contribution in [3.05, 3.63) is 48.2 Å². The molecule has 1 amide bonds. The molecule has 4 heterocycles. The van der Waals surface area contributed by atoms with Crippen LogP contribution in [0, 0.1) is 0 Å². The molecule has 0 aromatic carbocycles. The van der Waals surface area contributed by atoms with Crippen molar-refractivity contribution in [2.75, 3.05) is 19.6 Å². The Kier molecular flexibility index (Phi) is 4.66. The monoisotopic (exact) mass is 386 g/mol. The minimum absolute atomic E-state index is 0.186. The number of carbonyl (C=O) groups is 1. The average Bonchev–Trinajstić information content (AvgIpc) is 3.28. The van der Waals surface area contributed by atoms with Gasteiger partial charge < -0.3 is 9.80 Å². The molecule has 0 aliphatic carbocycles. The van der Waals surface area contributed by atoms with Gasteiger partial charge in [0.25, 0.3) is 6.43 Å². The second-order valence-electron chi connectivity index (χ2n) is 6.88. The fraction of sp³-hybridized carbons (Fsp3) is 0.368. The van der Waals surface area contributed by atoms with Gasteiger partial charge in [0.1, 0.15) is 11.5 Å². The highest BCUT2D eigenvalue weighted by Gasteiger charge is 2.35. The second-order valence-corrected chi connectivity index (χ2v) is 6.88. The maximum Gasteiger partial charge on any atom is 0.282 e. The molecule has 28 heavy (non-hydrogen) atoms. The van der Waals surface area contributed by atoms with Crippen molar-refractivity contribution in [3.8, 4) is 0 Å². The highest BCUT2D eigenvalue weighted by molar-refractivity contribution is 5.79. The van der Waals surface area contributed by atoms with Gasteiger partial charge in [0.2, 0.25) is 5.91 Å². The fourth-order valence-electron chi connectivity index (χ4n) is 3.76. The van der Waals surface area contributed by atoms with Crippen LogP contribution in [0.3, 0.4) is 0 Å². The van der Waals surface area contributed by atoms with E-state index in [0.29, 0.717) is 48.8 Å². The summed E-state index contributed by atoms with van der Waals surface area (Å²) in [6.07, 6.45) is 2.06. The van der Waals surface area contributed by atoms with Crippen LogP contribution in [-0.4, -0.2) is 62.7 Å². The maximum absolute atomic E-state index is 13.0. The summed E-state index contributed by atoms with van der Waals surface area (Å²) in [5.74, 6) is 0.835. The van der Waals surface area contributed by atoms with Gasteiger partial charge in [0, 0.05) is 32.1 Å². The molecule has 1 atom stereocenters. The minimum atomic E-state index is -2.67. The standard InChI is InChI=1S/C19H20F2N6O/c1-12(15-10-23-16-5-4-14(19(20)21)24-27(15)16)9-17(22-2)25-7-8-26-13(11-25)3-6-18(26)28/h4-5,9-10,13,19H,1-3,6-8,11H2/b17-9+. The first-order valence-corrected chi connectivity index (χ1v) is 9.03. The molecule has 0 N–H and O–H groups in total. The number of alkyl halides is 2. The molecule has 0 bridgehead atoms.